The first-order valence-electron chi connectivity index (χ1n) is 12.7. The zero-order chi connectivity index (χ0) is 26.7. The van der Waals surface area contributed by atoms with Crippen molar-refractivity contribution in [3.63, 3.8) is 0 Å². The molecule has 2 aliphatic heterocycles. The van der Waals surface area contributed by atoms with Gasteiger partial charge >= 0.3 is 6.18 Å². The second kappa shape index (κ2) is 11.5. The summed E-state index contributed by atoms with van der Waals surface area (Å²) in [5.74, 6) is 1.33. The Hall–Kier alpha value is -2.86. The summed E-state index contributed by atoms with van der Waals surface area (Å²) < 4.78 is 40.4. The van der Waals surface area contributed by atoms with Gasteiger partial charge in [0, 0.05) is 56.6 Å². The van der Waals surface area contributed by atoms with Crippen molar-refractivity contribution in [3.05, 3.63) is 66.5 Å². The lowest BCUT2D eigenvalue weighted by molar-refractivity contribution is -0.137. The fourth-order valence-corrected chi connectivity index (χ4v) is 5.63. The van der Waals surface area contributed by atoms with Gasteiger partial charge in [-0.1, -0.05) is 12.1 Å². The van der Waals surface area contributed by atoms with E-state index < -0.39 is 17.8 Å². The van der Waals surface area contributed by atoms with E-state index >= 15 is 0 Å². The molecular formula is C27H31F3N6OS. The maximum Gasteiger partial charge on any atom is 0.417 e. The number of alkyl halides is 3. The lowest BCUT2D eigenvalue weighted by atomic mass is 10.0. The number of nitrogens with one attached hydrogen (secondary N) is 1. The van der Waals surface area contributed by atoms with Crippen LogP contribution in [0.15, 0.2) is 65.8 Å². The van der Waals surface area contributed by atoms with Crippen LogP contribution in [0, 0.1) is 0 Å². The fourth-order valence-electron chi connectivity index (χ4n) is 4.65. The molecule has 202 valence electrons. The number of aliphatic hydroxyl groups excluding tert-OH is 1. The molecule has 2 N–H and O–H groups in total. The van der Waals surface area contributed by atoms with E-state index in [0.717, 1.165) is 66.8 Å². The molecule has 0 saturated carbocycles. The number of piperidine rings is 1. The highest BCUT2D eigenvalue weighted by Gasteiger charge is 2.32. The molecule has 5 rings (SSSR count). The number of benzene rings is 1. The summed E-state index contributed by atoms with van der Waals surface area (Å²) in [6, 6.07) is 14.6. The Bertz CT molecular complexity index is 1200. The Kier molecular flexibility index (Phi) is 8.08. The van der Waals surface area contributed by atoms with Crippen molar-refractivity contribution in [3.8, 4) is 11.1 Å². The van der Waals surface area contributed by atoms with Crippen LogP contribution >= 0.6 is 11.9 Å². The summed E-state index contributed by atoms with van der Waals surface area (Å²) in [7, 11) is 2.14. The average molecular weight is 545 g/mol. The monoisotopic (exact) mass is 544 g/mol. The van der Waals surface area contributed by atoms with Crippen LogP contribution in [0.4, 0.5) is 24.8 Å². The summed E-state index contributed by atoms with van der Waals surface area (Å²) >= 11 is 1.59. The molecule has 2 saturated heterocycles. The standard InChI is InChI=1S/C27H31F3N6OS/c1-34-12-14-35(15-13-34)26-16-20(8-10-31-26)19-2-5-22(6-3-19)38-36-11-9-23(24(37)18-36)33-25-7-4-21(17-32-25)27(28,29)30/h2-8,10,16-17,23-24,37H,9,11-15,18H2,1H3,(H,32,33). The first-order valence-corrected chi connectivity index (χ1v) is 13.4. The molecule has 0 spiro atoms. The lowest BCUT2D eigenvalue weighted by Gasteiger charge is -2.35. The van der Waals surface area contributed by atoms with Gasteiger partial charge in [-0.2, -0.15) is 13.2 Å². The van der Waals surface area contributed by atoms with Crippen molar-refractivity contribution in [1.29, 1.82) is 0 Å². The third-order valence-corrected chi connectivity index (χ3v) is 8.04. The van der Waals surface area contributed by atoms with Crippen LogP contribution < -0.4 is 10.2 Å². The normalized spacial score (nSPS) is 21.4. The molecule has 3 aromatic rings. The molecule has 0 bridgehead atoms. The van der Waals surface area contributed by atoms with Gasteiger partial charge in [0.25, 0.3) is 0 Å². The second-order valence-electron chi connectivity index (χ2n) is 9.73. The summed E-state index contributed by atoms with van der Waals surface area (Å²) in [6.07, 6.45) is -1.78. The van der Waals surface area contributed by atoms with Gasteiger partial charge in [0.1, 0.15) is 11.6 Å². The van der Waals surface area contributed by atoms with Crippen LogP contribution in [0.1, 0.15) is 12.0 Å². The molecule has 2 fully saturated rings. The van der Waals surface area contributed by atoms with E-state index in [2.05, 4.69) is 66.8 Å². The van der Waals surface area contributed by atoms with Gasteiger partial charge in [-0.15, -0.1) is 0 Å². The number of pyridine rings is 2. The smallest absolute Gasteiger partial charge is 0.390 e. The molecule has 2 aliphatic rings. The molecule has 0 radical (unpaired) electrons. The highest BCUT2D eigenvalue weighted by atomic mass is 32.2. The number of hydrogen-bond donors (Lipinski definition) is 2. The van der Waals surface area contributed by atoms with Crippen LogP contribution in [0.5, 0.6) is 0 Å². The molecule has 0 aliphatic carbocycles. The average Bonchev–Trinajstić information content (AvgIpc) is 2.91. The highest BCUT2D eigenvalue weighted by molar-refractivity contribution is 7.97. The number of hydrogen-bond acceptors (Lipinski definition) is 8. The van der Waals surface area contributed by atoms with E-state index in [4.69, 9.17) is 0 Å². The topological polar surface area (TPSA) is 67.8 Å². The van der Waals surface area contributed by atoms with Gasteiger partial charge in [0.15, 0.2) is 0 Å². The van der Waals surface area contributed by atoms with Gasteiger partial charge in [-0.25, -0.2) is 14.3 Å². The number of β-amino-alcohol motifs (C(OH)–C–C–N with tert-alkyl or cyclic N) is 1. The summed E-state index contributed by atoms with van der Waals surface area (Å²) in [5, 5.41) is 13.7. The number of halogens is 3. The van der Waals surface area contributed by atoms with Crippen LogP contribution in [-0.2, 0) is 6.18 Å². The Morgan fingerprint density at radius 2 is 1.71 bits per heavy atom. The van der Waals surface area contributed by atoms with Gasteiger partial charge in [-0.05, 0) is 72.9 Å². The van der Waals surface area contributed by atoms with Gasteiger partial charge in [-0.3, -0.25) is 0 Å². The highest BCUT2D eigenvalue weighted by Crippen LogP contribution is 2.31. The predicted molar refractivity (Wildman–Crippen MR) is 144 cm³/mol. The van der Waals surface area contributed by atoms with Crippen molar-refractivity contribution in [2.75, 3.05) is 56.5 Å². The number of anilines is 2. The molecule has 38 heavy (non-hydrogen) atoms. The Morgan fingerprint density at radius 3 is 2.37 bits per heavy atom. The molecule has 2 aromatic heterocycles. The number of rotatable bonds is 6. The number of likely N-dealkylation sites (N-methyl/N-ethyl adjacent to an activating group) is 1. The lowest BCUT2D eigenvalue weighted by Crippen LogP contribution is -2.47. The maximum absolute atomic E-state index is 12.8. The Balaban J connectivity index is 1.15. The Labute approximate surface area is 224 Å². The second-order valence-corrected chi connectivity index (χ2v) is 10.9. The molecule has 7 nitrogen and oxygen atoms in total. The van der Waals surface area contributed by atoms with Crippen molar-refractivity contribution in [1.82, 2.24) is 19.2 Å². The minimum atomic E-state index is -4.42. The largest absolute Gasteiger partial charge is 0.417 e. The van der Waals surface area contributed by atoms with Crippen molar-refractivity contribution in [2.45, 2.75) is 29.6 Å². The van der Waals surface area contributed by atoms with Crippen LogP contribution in [-0.4, -0.2) is 82.7 Å². The first kappa shape index (κ1) is 26.7. The summed E-state index contributed by atoms with van der Waals surface area (Å²) in [5.41, 5.74) is 1.46. The van der Waals surface area contributed by atoms with Gasteiger partial charge < -0.3 is 20.2 Å². The number of aliphatic hydroxyl groups is 1. The third kappa shape index (κ3) is 6.58. The van der Waals surface area contributed by atoms with Crippen molar-refractivity contribution in [2.24, 2.45) is 0 Å². The van der Waals surface area contributed by atoms with Crippen LogP contribution in [0.25, 0.3) is 11.1 Å². The van der Waals surface area contributed by atoms with Crippen LogP contribution in [0.3, 0.4) is 0 Å². The Morgan fingerprint density at radius 1 is 0.947 bits per heavy atom. The maximum atomic E-state index is 12.8. The van der Waals surface area contributed by atoms with E-state index in [-0.39, 0.29) is 6.04 Å². The molecule has 2 unspecified atom stereocenters. The minimum Gasteiger partial charge on any atom is -0.390 e. The van der Waals surface area contributed by atoms with Crippen LogP contribution in [0.2, 0.25) is 0 Å². The molecule has 0 amide bonds. The van der Waals surface area contributed by atoms with E-state index in [0.29, 0.717) is 18.8 Å². The van der Waals surface area contributed by atoms with E-state index in [9.17, 15) is 18.3 Å². The molecule has 4 heterocycles. The third-order valence-electron chi connectivity index (χ3n) is 6.96. The summed E-state index contributed by atoms with van der Waals surface area (Å²) in [6.45, 7) is 5.17. The quantitative estimate of drug-likeness (QED) is 0.441. The fraction of sp³-hybridized carbons (Fsp3) is 0.407. The zero-order valence-electron chi connectivity index (χ0n) is 21.1. The van der Waals surface area contributed by atoms with Crippen molar-refractivity contribution < 1.29 is 18.3 Å². The molecule has 11 heteroatoms. The molecule has 2 atom stereocenters. The first-order chi connectivity index (χ1) is 18.2. The zero-order valence-corrected chi connectivity index (χ0v) is 21.9. The summed E-state index contributed by atoms with van der Waals surface area (Å²) in [4.78, 5) is 14.2. The minimum absolute atomic E-state index is 0.278. The number of piperazine rings is 1. The van der Waals surface area contributed by atoms with E-state index in [1.165, 1.54) is 6.07 Å². The van der Waals surface area contributed by atoms with Gasteiger partial charge in [0.2, 0.25) is 0 Å². The molecule has 1 aromatic carbocycles. The van der Waals surface area contributed by atoms with E-state index in [1.54, 1.807) is 11.9 Å². The predicted octanol–water partition coefficient (Wildman–Crippen LogP) is 4.47. The number of aromatic nitrogens is 2. The SMILES string of the molecule is CN1CCN(c2cc(-c3ccc(SN4CCC(Nc5ccc(C(F)(F)F)cn5)C(O)C4)cc3)ccn2)CC1. The van der Waals surface area contributed by atoms with Crippen molar-refractivity contribution >= 4 is 23.6 Å². The van der Waals surface area contributed by atoms with E-state index in [1.807, 2.05) is 12.3 Å². The number of nitrogens with zero attached hydrogens (tertiary/aromatic N) is 5. The molecular weight excluding hydrogens is 513 g/mol. The van der Waals surface area contributed by atoms with Gasteiger partial charge in [0.05, 0.1) is 17.7 Å².